The van der Waals surface area contributed by atoms with Crippen LogP contribution in [0.2, 0.25) is 0 Å². The Morgan fingerprint density at radius 2 is 1.72 bits per heavy atom. The van der Waals surface area contributed by atoms with E-state index in [9.17, 15) is 14.7 Å². The molecule has 0 radical (unpaired) electrons. The maximum Gasteiger partial charge on any atom is 0.259 e. The highest BCUT2D eigenvalue weighted by molar-refractivity contribution is 6.10. The van der Waals surface area contributed by atoms with Gasteiger partial charge < -0.3 is 24.6 Å². The summed E-state index contributed by atoms with van der Waals surface area (Å²) in [5.41, 5.74) is 3.39. The maximum absolute atomic E-state index is 14.4. The normalized spacial score (nSPS) is 15.5. The third-order valence-corrected chi connectivity index (χ3v) is 7.35. The molecule has 0 saturated heterocycles. The quantitative estimate of drug-likeness (QED) is 0.434. The standard InChI is InChI=1S/C31H34N2O6/c1-19-8-11-24(20(2)16-19)33(31(36)22-10-13-26-28(18-22)39-15-14-38-26)29(30(35)32-23-6-4-5-7-23)21-9-12-25(34)27(17-21)37-3/h8-13,16-18,23,29,34H,4-7,14-15H2,1-3H3,(H,32,35). The number of fused-ring (bicyclic) bond motifs is 1. The lowest BCUT2D eigenvalue weighted by Gasteiger charge is -2.34. The lowest BCUT2D eigenvalue weighted by molar-refractivity contribution is -0.123. The second-order valence-electron chi connectivity index (χ2n) is 10.1. The van der Waals surface area contributed by atoms with E-state index in [4.69, 9.17) is 14.2 Å². The Bertz CT molecular complexity index is 1380. The molecule has 39 heavy (non-hydrogen) atoms. The molecule has 1 unspecified atom stereocenters. The van der Waals surface area contributed by atoms with Gasteiger partial charge in [0.2, 0.25) is 5.91 Å². The van der Waals surface area contributed by atoms with Gasteiger partial charge in [-0.15, -0.1) is 0 Å². The van der Waals surface area contributed by atoms with Crippen molar-refractivity contribution in [3.8, 4) is 23.0 Å². The van der Waals surface area contributed by atoms with Crippen LogP contribution in [0.3, 0.4) is 0 Å². The number of aryl methyl sites for hydroxylation is 2. The molecule has 2 N–H and O–H groups in total. The number of methoxy groups -OCH3 is 1. The first-order valence-electron chi connectivity index (χ1n) is 13.3. The molecule has 3 aromatic carbocycles. The Kier molecular flexibility index (Phi) is 7.63. The number of nitrogens with one attached hydrogen (secondary N) is 1. The van der Waals surface area contributed by atoms with E-state index in [0.717, 1.165) is 36.8 Å². The van der Waals surface area contributed by atoms with E-state index < -0.39 is 6.04 Å². The number of amides is 2. The molecule has 5 rings (SSSR count). The molecule has 1 saturated carbocycles. The average Bonchev–Trinajstić information content (AvgIpc) is 3.45. The molecule has 0 aromatic heterocycles. The smallest absolute Gasteiger partial charge is 0.259 e. The molecule has 0 bridgehead atoms. The number of hydrogen-bond donors (Lipinski definition) is 2. The van der Waals surface area contributed by atoms with Gasteiger partial charge in [0.15, 0.2) is 23.0 Å². The van der Waals surface area contributed by atoms with Crippen molar-refractivity contribution in [3.63, 3.8) is 0 Å². The van der Waals surface area contributed by atoms with Crippen molar-refractivity contribution >= 4 is 17.5 Å². The number of benzene rings is 3. The van der Waals surface area contributed by atoms with Crippen molar-refractivity contribution < 1.29 is 28.9 Å². The van der Waals surface area contributed by atoms with Crippen LogP contribution < -0.4 is 24.4 Å². The number of hydrogen-bond acceptors (Lipinski definition) is 6. The highest BCUT2D eigenvalue weighted by Crippen LogP contribution is 2.38. The molecular weight excluding hydrogens is 496 g/mol. The Morgan fingerprint density at radius 1 is 0.974 bits per heavy atom. The number of nitrogens with zero attached hydrogens (tertiary/aromatic N) is 1. The summed E-state index contributed by atoms with van der Waals surface area (Å²) >= 11 is 0. The summed E-state index contributed by atoms with van der Waals surface area (Å²) in [6.07, 6.45) is 3.91. The molecule has 8 nitrogen and oxygen atoms in total. The van der Waals surface area contributed by atoms with Gasteiger partial charge in [-0.2, -0.15) is 0 Å². The third-order valence-electron chi connectivity index (χ3n) is 7.35. The van der Waals surface area contributed by atoms with Crippen molar-refractivity contribution in [2.75, 3.05) is 25.2 Å². The van der Waals surface area contributed by atoms with Crippen LogP contribution in [0.5, 0.6) is 23.0 Å². The number of phenolic OH excluding ortho intramolecular Hbond substituents is 1. The Balaban J connectivity index is 1.66. The zero-order valence-electron chi connectivity index (χ0n) is 22.5. The number of carbonyl (C=O) groups is 2. The number of anilines is 1. The predicted molar refractivity (Wildman–Crippen MR) is 148 cm³/mol. The minimum atomic E-state index is -1.03. The molecule has 2 amide bonds. The van der Waals surface area contributed by atoms with Crippen molar-refractivity contribution in [2.45, 2.75) is 51.6 Å². The number of phenols is 1. The predicted octanol–water partition coefficient (Wildman–Crippen LogP) is 5.24. The first-order valence-corrected chi connectivity index (χ1v) is 13.3. The summed E-state index contributed by atoms with van der Waals surface area (Å²) in [5, 5.41) is 13.5. The monoisotopic (exact) mass is 530 g/mol. The molecule has 1 aliphatic carbocycles. The van der Waals surface area contributed by atoms with Gasteiger partial charge in [0.05, 0.1) is 7.11 Å². The van der Waals surface area contributed by atoms with E-state index in [1.165, 1.54) is 18.1 Å². The average molecular weight is 531 g/mol. The third kappa shape index (κ3) is 5.50. The minimum Gasteiger partial charge on any atom is -0.504 e. The topological polar surface area (TPSA) is 97.3 Å². The summed E-state index contributed by atoms with van der Waals surface area (Å²) in [6, 6.07) is 14.6. The van der Waals surface area contributed by atoms with Gasteiger partial charge in [0.1, 0.15) is 19.3 Å². The second-order valence-corrected chi connectivity index (χ2v) is 10.1. The van der Waals surface area contributed by atoms with Gasteiger partial charge in [0, 0.05) is 17.3 Å². The fraction of sp³-hybridized carbons (Fsp3) is 0.355. The summed E-state index contributed by atoms with van der Waals surface area (Å²) in [6.45, 7) is 4.75. The Morgan fingerprint density at radius 3 is 2.44 bits per heavy atom. The van der Waals surface area contributed by atoms with E-state index in [2.05, 4.69) is 5.32 Å². The van der Waals surface area contributed by atoms with E-state index in [1.807, 2.05) is 32.0 Å². The molecule has 2 aliphatic rings. The largest absolute Gasteiger partial charge is 0.504 e. The molecule has 1 atom stereocenters. The van der Waals surface area contributed by atoms with Gasteiger partial charge >= 0.3 is 0 Å². The summed E-state index contributed by atoms with van der Waals surface area (Å²) in [5.74, 6) is 0.588. The molecule has 3 aromatic rings. The summed E-state index contributed by atoms with van der Waals surface area (Å²) < 4.78 is 16.8. The van der Waals surface area contributed by atoms with Crippen LogP contribution in [-0.2, 0) is 4.79 Å². The molecule has 8 heteroatoms. The Hall–Kier alpha value is -4.20. The lowest BCUT2D eigenvalue weighted by atomic mass is 9.98. The van der Waals surface area contributed by atoms with Gasteiger partial charge in [-0.05, 0) is 74.2 Å². The molecule has 1 fully saturated rings. The number of carbonyl (C=O) groups excluding carboxylic acids is 2. The lowest BCUT2D eigenvalue weighted by Crippen LogP contribution is -2.46. The first-order chi connectivity index (χ1) is 18.9. The summed E-state index contributed by atoms with van der Waals surface area (Å²) in [7, 11) is 1.45. The van der Waals surface area contributed by atoms with Crippen LogP contribution in [0, 0.1) is 13.8 Å². The van der Waals surface area contributed by atoms with E-state index >= 15 is 0 Å². The zero-order valence-corrected chi connectivity index (χ0v) is 22.5. The molecule has 204 valence electrons. The fourth-order valence-electron chi connectivity index (χ4n) is 5.39. The van der Waals surface area contributed by atoms with Crippen LogP contribution >= 0.6 is 0 Å². The molecule has 0 spiro atoms. The zero-order chi connectivity index (χ0) is 27.5. The second kappa shape index (κ2) is 11.3. The van der Waals surface area contributed by atoms with E-state index in [-0.39, 0.29) is 29.4 Å². The van der Waals surface area contributed by atoms with Gasteiger partial charge in [0.25, 0.3) is 5.91 Å². The SMILES string of the molecule is COc1cc(C(C(=O)NC2CCCC2)N(C(=O)c2ccc3c(c2)OCCO3)c2ccc(C)cc2C)ccc1O. The van der Waals surface area contributed by atoms with Crippen molar-refractivity contribution in [1.82, 2.24) is 5.32 Å². The fourth-order valence-corrected chi connectivity index (χ4v) is 5.39. The van der Waals surface area contributed by atoms with Crippen molar-refractivity contribution in [1.29, 1.82) is 0 Å². The van der Waals surface area contributed by atoms with Gasteiger partial charge in [-0.3, -0.25) is 14.5 Å². The molecule has 1 aliphatic heterocycles. The van der Waals surface area contributed by atoms with Crippen LogP contribution in [0.1, 0.15) is 58.8 Å². The molecule has 1 heterocycles. The number of ether oxygens (including phenoxy) is 3. The van der Waals surface area contributed by atoms with Crippen LogP contribution in [0.4, 0.5) is 5.69 Å². The summed E-state index contributed by atoms with van der Waals surface area (Å²) in [4.78, 5) is 30.0. The first kappa shape index (κ1) is 26.4. The van der Waals surface area contributed by atoms with Crippen molar-refractivity contribution in [3.05, 3.63) is 76.9 Å². The van der Waals surface area contributed by atoms with Crippen LogP contribution in [0.25, 0.3) is 0 Å². The van der Waals surface area contributed by atoms with Gasteiger partial charge in [-0.25, -0.2) is 0 Å². The van der Waals surface area contributed by atoms with E-state index in [0.29, 0.717) is 41.5 Å². The highest BCUT2D eigenvalue weighted by Gasteiger charge is 2.36. The number of aromatic hydroxyl groups is 1. The minimum absolute atomic E-state index is 0.0457. The number of rotatable bonds is 7. The van der Waals surface area contributed by atoms with E-state index in [1.54, 1.807) is 30.3 Å². The maximum atomic E-state index is 14.4. The van der Waals surface area contributed by atoms with Crippen molar-refractivity contribution in [2.24, 2.45) is 0 Å². The highest BCUT2D eigenvalue weighted by atomic mass is 16.6. The van der Waals surface area contributed by atoms with Crippen LogP contribution in [0.15, 0.2) is 54.6 Å². The molecular formula is C31H34N2O6. The Labute approximate surface area is 228 Å². The van der Waals surface area contributed by atoms with Crippen LogP contribution in [-0.4, -0.2) is 43.3 Å². The van der Waals surface area contributed by atoms with Gasteiger partial charge in [-0.1, -0.05) is 36.6 Å².